The fourth-order valence-corrected chi connectivity index (χ4v) is 4.96. The van der Waals surface area contributed by atoms with Crippen molar-refractivity contribution in [3.63, 3.8) is 0 Å². The van der Waals surface area contributed by atoms with Crippen LogP contribution in [0.1, 0.15) is 35.1 Å². The van der Waals surface area contributed by atoms with Gasteiger partial charge in [-0.3, -0.25) is 9.59 Å². The molecule has 10 heteroatoms. The van der Waals surface area contributed by atoms with E-state index in [1.54, 1.807) is 61.5 Å². The van der Waals surface area contributed by atoms with Gasteiger partial charge in [0.1, 0.15) is 11.6 Å². The van der Waals surface area contributed by atoms with Crippen LogP contribution in [0.15, 0.2) is 77.0 Å². The molecule has 34 heavy (non-hydrogen) atoms. The Balaban J connectivity index is 1.39. The molecule has 2 aromatic carbocycles. The standard InChI is InChI=1S/C24H21ClN4O4S/c1-16-21(24(31)29(28-16)23(30)18-6-8-19(25)9-7-18)12-5-17-3-10-20(11-4-17)34(32,33)15-22-26-13-2-14-27-22/h2-4,6-11,13-14,21H,5,12,15H2,1H3. The summed E-state index contributed by atoms with van der Waals surface area (Å²) < 4.78 is 25.2. The molecule has 0 spiro atoms. The van der Waals surface area contributed by atoms with Crippen LogP contribution >= 0.6 is 11.6 Å². The number of carbonyl (C=O) groups excluding carboxylic acids is 2. The summed E-state index contributed by atoms with van der Waals surface area (Å²) in [5.41, 5.74) is 1.76. The van der Waals surface area contributed by atoms with Crippen LogP contribution in [0.5, 0.6) is 0 Å². The lowest BCUT2D eigenvalue weighted by Crippen LogP contribution is -2.32. The predicted octanol–water partition coefficient (Wildman–Crippen LogP) is 3.71. The maximum atomic E-state index is 12.9. The SMILES string of the molecule is CC1=NN(C(=O)c2ccc(Cl)cc2)C(=O)C1CCc1ccc(S(=O)(=O)Cc2ncccn2)cc1. The van der Waals surface area contributed by atoms with Crippen molar-refractivity contribution in [2.24, 2.45) is 11.0 Å². The smallest absolute Gasteiger partial charge is 0.272 e. The summed E-state index contributed by atoms with van der Waals surface area (Å²) >= 11 is 5.86. The first kappa shape index (κ1) is 23.7. The van der Waals surface area contributed by atoms with E-state index in [-0.39, 0.29) is 22.4 Å². The summed E-state index contributed by atoms with van der Waals surface area (Å²) in [6.07, 6.45) is 3.97. The third-order valence-corrected chi connectivity index (χ3v) is 7.38. The second-order valence-electron chi connectivity index (χ2n) is 7.86. The molecular weight excluding hydrogens is 476 g/mol. The number of sulfone groups is 1. The Morgan fingerprint density at radius 2 is 1.68 bits per heavy atom. The Bertz CT molecular complexity index is 1340. The first-order valence-electron chi connectivity index (χ1n) is 10.5. The normalized spacial score (nSPS) is 15.9. The number of rotatable bonds is 7. The molecule has 0 N–H and O–H groups in total. The summed E-state index contributed by atoms with van der Waals surface area (Å²) in [5, 5.41) is 5.58. The van der Waals surface area contributed by atoms with Crippen molar-refractivity contribution in [3.05, 3.63) is 89.0 Å². The van der Waals surface area contributed by atoms with Crippen LogP contribution in [-0.4, -0.2) is 40.9 Å². The molecule has 0 saturated heterocycles. The Hall–Kier alpha value is -3.43. The monoisotopic (exact) mass is 496 g/mol. The highest BCUT2D eigenvalue weighted by molar-refractivity contribution is 7.90. The fourth-order valence-electron chi connectivity index (χ4n) is 3.63. The molecule has 0 fully saturated rings. The molecule has 1 aliphatic heterocycles. The zero-order chi connectivity index (χ0) is 24.3. The highest BCUT2D eigenvalue weighted by Crippen LogP contribution is 2.24. The van der Waals surface area contributed by atoms with Gasteiger partial charge in [0.15, 0.2) is 9.84 Å². The molecule has 0 aliphatic carbocycles. The van der Waals surface area contributed by atoms with E-state index in [2.05, 4.69) is 15.1 Å². The van der Waals surface area contributed by atoms with Gasteiger partial charge in [-0.05, 0) is 67.8 Å². The number of hydrazone groups is 1. The minimum Gasteiger partial charge on any atom is -0.272 e. The molecule has 1 aromatic heterocycles. The van der Waals surface area contributed by atoms with E-state index in [1.165, 1.54) is 12.4 Å². The summed E-state index contributed by atoms with van der Waals surface area (Å²) in [6, 6.07) is 14.4. The summed E-state index contributed by atoms with van der Waals surface area (Å²) in [7, 11) is -3.57. The van der Waals surface area contributed by atoms with Crippen LogP contribution in [-0.2, 0) is 26.8 Å². The van der Waals surface area contributed by atoms with Crippen LogP contribution in [0, 0.1) is 5.92 Å². The number of imide groups is 1. The molecule has 2 heterocycles. The number of aryl methyl sites for hydroxylation is 1. The minimum atomic E-state index is -3.57. The van der Waals surface area contributed by atoms with Gasteiger partial charge in [-0.25, -0.2) is 18.4 Å². The maximum Gasteiger partial charge on any atom is 0.281 e. The average Bonchev–Trinajstić information content (AvgIpc) is 3.11. The van der Waals surface area contributed by atoms with Gasteiger partial charge in [-0.15, -0.1) is 0 Å². The number of aromatic nitrogens is 2. The van der Waals surface area contributed by atoms with Gasteiger partial charge in [0, 0.05) is 28.7 Å². The lowest BCUT2D eigenvalue weighted by Gasteiger charge is -2.13. The molecule has 4 rings (SSSR count). The first-order valence-corrected chi connectivity index (χ1v) is 12.5. The third kappa shape index (κ3) is 5.21. The summed E-state index contributed by atoms with van der Waals surface area (Å²) in [5.74, 6) is -1.44. The van der Waals surface area contributed by atoms with Crippen LogP contribution in [0.25, 0.3) is 0 Å². The second-order valence-corrected chi connectivity index (χ2v) is 10.3. The highest BCUT2D eigenvalue weighted by atomic mass is 35.5. The highest BCUT2D eigenvalue weighted by Gasteiger charge is 2.37. The molecule has 8 nitrogen and oxygen atoms in total. The Morgan fingerprint density at radius 1 is 1.03 bits per heavy atom. The number of benzene rings is 2. The molecule has 2 amide bonds. The van der Waals surface area contributed by atoms with Crippen molar-refractivity contribution >= 4 is 39.0 Å². The van der Waals surface area contributed by atoms with Crippen molar-refractivity contribution < 1.29 is 18.0 Å². The van der Waals surface area contributed by atoms with Crippen LogP contribution < -0.4 is 0 Å². The quantitative estimate of drug-likeness (QED) is 0.461. The Labute approximate surface area is 202 Å². The van der Waals surface area contributed by atoms with Gasteiger partial charge in [0.25, 0.3) is 11.8 Å². The molecule has 1 unspecified atom stereocenters. The van der Waals surface area contributed by atoms with Crippen molar-refractivity contribution in [1.29, 1.82) is 0 Å². The van der Waals surface area contributed by atoms with Gasteiger partial charge >= 0.3 is 0 Å². The molecular formula is C24H21ClN4O4S. The number of nitrogens with zero attached hydrogens (tertiary/aromatic N) is 4. The molecule has 1 atom stereocenters. The van der Waals surface area contributed by atoms with E-state index in [9.17, 15) is 18.0 Å². The Morgan fingerprint density at radius 3 is 2.32 bits per heavy atom. The maximum absolute atomic E-state index is 12.9. The second kappa shape index (κ2) is 9.82. The third-order valence-electron chi connectivity index (χ3n) is 5.49. The van der Waals surface area contributed by atoms with Crippen LogP contribution in [0.2, 0.25) is 5.02 Å². The van der Waals surface area contributed by atoms with Crippen molar-refractivity contribution in [3.8, 4) is 0 Å². The largest absolute Gasteiger partial charge is 0.281 e. The fraction of sp³-hybridized carbons (Fsp3) is 0.208. The van der Waals surface area contributed by atoms with Crippen LogP contribution in [0.3, 0.4) is 0 Å². The molecule has 3 aromatic rings. The minimum absolute atomic E-state index is 0.179. The van der Waals surface area contributed by atoms with E-state index >= 15 is 0 Å². The van der Waals surface area contributed by atoms with Crippen molar-refractivity contribution in [2.45, 2.75) is 30.4 Å². The lowest BCUT2D eigenvalue weighted by atomic mass is 9.95. The molecule has 1 aliphatic rings. The lowest BCUT2D eigenvalue weighted by molar-refractivity contribution is -0.129. The molecule has 0 saturated carbocycles. The van der Waals surface area contributed by atoms with Gasteiger partial charge in [-0.2, -0.15) is 10.1 Å². The Kier molecular flexibility index (Phi) is 6.85. The van der Waals surface area contributed by atoms with Gasteiger partial charge in [0.2, 0.25) is 0 Å². The number of amides is 2. The topological polar surface area (TPSA) is 110 Å². The number of halogens is 1. The van der Waals surface area contributed by atoms with Gasteiger partial charge in [-0.1, -0.05) is 23.7 Å². The van der Waals surface area contributed by atoms with Crippen LogP contribution in [0.4, 0.5) is 0 Å². The zero-order valence-electron chi connectivity index (χ0n) is 18.3. The van der Waals surface area contributed by atoms with Crippen molar-refractivity contribution in [2.75, 3.05) is 0 Å². The number of hydrogen-bond acceptors (Lipinski definition) is 7. The zero-order valence-corrected chi connectivity index (χ0v) is 19.8. The van der Waals surface area contributed by atoms with E-state index in [1.807, 2.05) is 0 Å². The number of hydrogen-bond donors (Lipinski definition) is 0. The van der Waals surface area contributed by atoms with E-state index in [0.29, 0.717) is 29.1 Å². The molecule has 0 radical (unpaired) electrons. The van der Waals surface area contributed by atoms with E-state index in [4.69, 9.17) is 11.6 Å². The average molecular weight is 497 g/mol. The van der Waals surface area contributed by atoms with Gasteiger partial charge < -0.3 is 0 Å². The van der Waals surface area contributed by atoms with E-state index < -0.39 is 21.7 Å². The van der Waals surface area contributed by atoms with E-state index in [0.717, 1.165) is 10.6 Å². The summed E-state index contributed by atoms with van der Waals surface area (Å²) in [4.78, 5) is 33.7. The predicted molar refractivity (Wildman–Crippen MR) is 127 cm³/mol. The van der Waals surface area contributed by atoms with Crippen molar-refractivity contribution in [1.82, 2.24) is 15.0 Å². The number of carbonyl (C=O) groups is 2. The first-order chi connectivity index (χ1) is 16.2. The van der Waals surface area contributed by atoms with Gasteiger partial charge in [0.05, 0.1) is 10.8 Å². The summed E-state index contributed by atoms with van der Waals surface area (Å²) in [6.45, 7) is 1.72. The molecule has 174 valence electrons. The molecule has 0 bridgehead atoms.